The van der Waals surface area contributed by atoms with Gasteiger partial charge in [-0.3, -0.25) is 9.78 Å². The summed E-state index contributed by atoms with van der Waals surface area (Å²) >= 11 is 1.51. The predicted octanol–water partition coefficient (Wildman–Crippen LogP) is 4.93. The van der Waals surface area contributed by atoms with Crippen molar-refractivity contribution < 1.29 is 14.3 Å². The van der Waals surface area contributed by atoms with Gasteiger partial charge in [0.1, 0.15) is 5.01 Å². The minimum atomic E-state index is -0.916. The van der Waals surface area contributed by atoms with Crippen molar-refractivity contribution in [2.24, 2.45) is 0 Å². The summed E-state index contributed by atoms with van der Waals surface area (Å²) in [5, 5.41) is 3.46. The molecular weight excluding hydrogens is 398 g/mol. The third-order valence-corrected chi connectivity index (χ3v) is 5.58. The van der Waals surface area contributed by atoms with Crippen LogP contribution in [0.25, 0.3) is 20.8 Å². The average Bonchev–Trinajstić information content (AvgIpc) is 3.22. The number of para-hydroxylation sites is 1. The zero-order chi connectivity index (χ0) is 20.9. The van der Waals surface area contributed by atoms with Gasteiger partial charge in [0.2, 0.25) is 0 Å². The molecule has 0 aliphatic carbocycles. The van der Waals surface area contributed by atoms with Crippen LogP contribution in [0, 0.1) is 0 Å². The summed E-state index contributed by atoms with van der Waals surface area (Å²) < 4.78 is 6.60. The van der Waals surface area contributed by atoms with Crippen LogP contribution in [0.15, 0.2) is 73.1 Å². The van der Waals surface area contributed by atoms with Crippen LogP contribution in [0.4, 0.5) is 5.69 Å². The van der Waals surface area contributed by atoms with Crippen molar-refractivity contribution in [3.8, 4) is 10.6 Å². The van der Waals surface area contributed by atoms with Gasteiger partial charge in [-0.25, -0.2) is 9.78 Å². The second-order valence-electron chi connectivity index (χ2n) is 6.57. The molecule has 1 atom stereocenters. The number of hydrogen-bond donors (Lipinski definition) is 1. The van der Waals surface area contributed by atoms with Crippen molar-refractivity contribution in [2.45, 2.75) is 19.4 Å². The number of nitrogens with one attached hydrogen (secondary N) is 1. The number of amides is 1. The number of nitrogens with zero attached hydrogens (tertiary/aromatic N) is 2. The molecule has 1 N–H and O–H groups in total. The van der Waals surface area contributed by atoms with Crippen LogP contribution in [0.5, 0.6) is 0 Å². The molecule has 4 rings (SSSR count). The Labute approximate surface area is 177 Å². The minimum absolute atomic E-state index is 0.348. The molecule has 0 radical (unpaired) electrons. The molecule has 4 aromatic rings. The molecule has 7 heteroatoms. The molecule has 2 aromatic carbocycles. The Bertz CT molecular complexity index is 1160. The maximum Gasteiger partial charge on any atom is 0.339 e. The minimum Gasteiger partial charge on any atom is -0.449 e. The van der Waals surface area contributed by atoms with Gasteiger partial charge in [0.15, 0.2) is 6.10 Å². The SMILES string of the molecule is CCC(OC(=O)c1ccccc1-c1nc2ccccc2s1)C(=O)Nc1cccnc1. The Morgan fingerprint density at radius 2 is 1.87 bits per heavy atom. The van der Waals surface area contributed by atoms with E-state index in [4.69, 9.17) is 4.74 Å². The topological polar surface area (TPSA) is 81.2 Å². The lowest BCUT2D eigenvalue weighted by atomic mass is 10.1. The highest BCUT2D eigenvalue weighted by molar-refractivity contribution is 7.21. The molecule has 0 bridgehead atoms. The fraction of sp³-hybridized carbons (Fsp3) is 0.130. The first-order valence-corrected chi connectivity index (χ1v) is 10.3. The summed E-state index contributed by atoms with van der Waals surface area (Å²) in [6.45, 7) is 1.79. The standard InChI is InChI=1S/C23H19N3O3S/c1-2-19(21(27)25-15-8-7-13-24-14-15)29-23(28)17-10-4-3-9-16(17)22-26-18-11-5-6-12-20(18)30-22/h3-14,19H,2H2,1H3,(H,25,27). The molecule has 0 saturated carbocycles. The smallest absolute Gasteiger partial charge is 0.339 e. The van der Waals surface area contributed by atoms with Crippen LogP contribution in [0.2, 0.25) is 0 Å². The van der Waals surface area contributed by atoms with E-state index in [1.165, 1.54) is 17.5 Å². The van der Waals surface area contributed by atoms with Crippen LogP contribution in [-0.4, -0.2) is 27.9 Å². The first kappa shape index (κ1) is 19.7. The van der Waals surface area contributed by atoms with Gasteiger partial charge >= 0.3 is 5.97 Å². The number of fused-ring (bicyclic) bond motifs is 1. The highest BCUT2D eigenvalue weighted by atomic mass is 32.1. The number of anilines is 1. The van der Waals surface area contributed by atoms with Gasteiger partial charge in [0.05, 0.1) is 27.7 Å². The van der Waals surface area contributed by atoms with Gasteiger partial charge in [-0.2, -0.15) is 0 Å². The number of aromatic nitrogens is 2. The molecule has 0 aliphatic heterocycles. The van der Waals surface area contributed by atoms with Gasteiger partial charge in [-0.1, -0.05) is 37.3 Å². The summed E-state index contributed by atoms with van der Waals surface area (Å²) in [5.41, 5.74) is 2.49. The summed E-state index contributed by atoms with van der Waals surface area (Å²) in [7, 11) is 0. The lowest BCUT2D eigenvalue weighted by Crippen LogP contribution is -2.32. The molecular formula is C23H19N3O3S. The number of benzene rings is 2. The molecule has 1 amide bonds. The summed E-state index contributed by atoms with van der Waals surface area (Å²) in [6, 6.07) is 18.4. The van der Waals surface area contributed by atoms with Gasteiger partial charge in [0, 0.05) is 11.8 Å². The molecule has 6 nitrogen and oxygen atoms in total. The van der Waals surface area contributed by atoms with E-state index in [1.54, 1.807) is 37.4 Å². The fourth-order valence-corrected chi connectivity index (χ4v) is 4.01. The fourth-order valence-electron chi connectivity index (χ4n) is 3.01. The highest BCUT2D eigenvalue weighted by Crippen LogP contribution is 2.32. The van der Waals surface area contributed by atoms with Crippen molar-refractivity contribution in [3.05, 3.63) is 78.6 Å². The molecule has 2 aromatic heterocycles. The van der Waals surface area contributed by atoms with Gasteiger partial charge < -0.3 is 10.1 Å². The van der Waals surface area contributed by atoms with E-state index in [2.05, 4.69) is 15.3 Å². The lowest BCUT2D eigenvalue weighted by Gasteiger charge is -2.17. The van der Waals surface area contributed by atoms with Gasteiger partial charge in [-0.15, -0.1) is 11.3 Å². The second kappa shape index (κ2) is 8.84. The molecule has 30 heavy (non-hydrogen) atoms. The van der Waals surface area contributed by atoms with Crippen molar-refractivity contribution in [1.29, 1.82) is 0 Å². The first-order valence-electron chi connectivity index (χ1n) is 9.52. The van der Waals surface area contributed by atoms with Crippen LogP contribution in [0.3, 0.4) is 0 Å². The maximum absolute atomic E-state index is 12.9. The van der Waals surface area contributed by atoms with Crippen LogP contribution in [0.1, 0.15) is 23.7 Å². The molecule has 1 unspecified atom stereocenters. The predicted molar refractivity (Wildman–Crippen MR) is 117 cm³/mol. The highest BCUT2D eigenvalue weighted by Gasteiger charge is 2.24. The monoisotopic (exact) mass is 417 g/mol. The zero-order valence-electron chi connectivity index (χ0n) is 16.2. The molecule has 2 heterocycles. The number of thiazole rings is 1. The summed E-state index contributed by atoms with van der Waals surface area (Å²) in [5.74, 6) is -0.950. The largest absolute Gasteiger partial charge is 0.449 e. The number of carbonyl (C=O) groups is 2. The van der Waals surface area contributed by atoms with E-state index in [0.29, 0.717) is 23.2 Å². The zero-order valence-corrected chi connectivity index (χ0v) is 17.1. The Balaban J connectivity index is 1.56. The second-order valence-corrected chi connectivity index (χ2v) is 7.60. The number of esters is 1. The molecule has 0 saturated heterocycles. The molecule has 0 spiro atoms. The summed E-state index contributed by atoms with van der Waals surface area (Å²) in [6.07, 6.45) is 2.59. The Morgan fingerprint density at radius 3 is 2.63 bits per heavy atom. The lowest BCUT2D eigenvalue weighted by molar-refractivity contribution is -0.124. The van der Waals surface area contributed by atoms with Crippen LogP contribution in [-0.2, 0) is 9.53 Å². The maximum atomic E-state index is 12.9. The van der Waals surface area contributed by atoms with E-state index in [9.17, 15) is 9.59 Å². The number of ether oxygens (including phenoxy) is 1. The summed E-state index contributed by atoms with van der Waals surface area (Å²) in [4.78, 5) is 34.1. The first-order chi connectivity index (χ1) is 14.7. The third-order valence-electron chi connectivity index (χ3n) is 4.51. The van der Waals surface area contributed by atoms with Crippen molar-refractivity contribution in [2.75, 3.05) is 5.32 Å². The average molecular weight is 417 g/mol. The van der Waals surface area contributed by atoms with Crippen LogP contribution < -0.4 is 5.32 Å². The number of rotatable bonds is 6. The van der Waals surface area contributed by atoms with Crippen LogP contribution >= 0.6 is 11.3 Å². The normalized spacial score (nSPS) is 11.8. The van der Waals surface area contributed by atoms with E-state index >= 15 is 0 Å². The van der Waals surface area contributed by atoms with E-state index in [1.807, 2.05) is 36.4 Å². The Hall–Kier alpha value is -3.58. The number of carbonyl (C=O) groups excluding carboxylic acids is 2. The number of hydrogen-bond acceptors (Lipinski definition) is 6. The molecule has 0 fully saturated rings. The van der Waals surface area contributed by atoms with Crippen molar-refractivity contribution in [1.82, 2.24) is 9.97 Å². The van der Waals surface area contributed by atoms with Crippen molar-refractivity contribution >= 4 is 39.1 Å². The van der Waals surface area contributed by atoms with E-state index in [0.717, 1.165) is 15.2 Å². The van der Waals surface area contributed by atoms with E-state index in [-0.39, 0.29) is 0 Å². The molecule has 0 aliphatic rings. The van der Waals surface area contributed by atoms with Gasteiger partial charge in [0.25, 0.3) is 5.91 Å². The Kier molecular flexibility index (Phi) is 5.81. The van der Waals surface area contributed by atoms with Crippen molar-refractivity contribution in [3.63, 3.8) is 0 Å². The molecule has 150 valence electrons. The number of pyridine rings is 1. The van der Waals surface area contributed by atoms with E-state index < -0.39 is 18.0 Å². The quantitative estimate of drug-likeness (QED) is 0.450. The third kappa shape index (κ3) is 4.21. The Morgan fingerprint density at radius 1 is 1.07 bits per heavy atom. The van der Waals surface area contributed by atoms with Gasteiger partial charge in [-0.05, 0) is 36.8 Å².